The molecule has 3 saturated carbocycles. The molecule has 0 nitrogen and oxygen atoms in total. The fourth-order valence-electron chi connectivity index (χ4n) is 6.74. The van der Waals surface area contributed by atoms with Crippen LogP contribution >= 0.6 is 0 Å². The van der Waals surface area contributed by atoms with Crippen molar-refractivity contribution in [2.24, 2.45) is 35.0 Å². The van der Waals surface area contributed by atoms with E-state index in [1.54, 1.807) is 11.1 Å². The molecule has 0 aromatic rings. The molecule has 0 saturated heterocycles. The van der Waals surface area contributed by atoms with E-state index in [2.05, 4.69) is 53.3 Å². The van der Waals surface area contributed by atoms with Crippen LogP contribution in [0.4, 0.5) is 0 Å². The Hall–Kier alpha value is -0.780. The van der Waals surface area contributed by atoms with Crippen molar-refractivity contribution in [3.8, 4) is 0 Å². The Morgan fingerprint density at radius 3 is 2.46 bits per heavy atom. The maximum atomic E-state index is 4.32. The minimum atomic E-state index is 0.585. The average molecular weight is 383 g/mol. The van der Waals surface area contributed by atoms with Crippen molar-refractivity contribution in [2.45, 2.75) is 105 Å². The molecule has 3 fully saturated rings. The second-order valence-corrected chi connectivity index (χ2v) is 11.2. The summed E-state index contributed by atoms with van der Waals surface area (Å²) in [5, 5.41) is 0. The zero-order valence-corrected chi connectivity index (χ0v) is 19.5. The summed E-state index contributed by atoms with van der Waals surface area (Å²) in [6.07, 6.45) is 20.5. The van der Waals surface area contributed by atoms with Crippen LogP contribution in [0.3, 0.4) is 0 Å². The van der Waals surface area contributed by atoms with Gasteiger partial charge < -0.3 is 0 Å². The molecule has 3 rings (SSSR count). The van der Waals surface area contributed by atoms with Crippen LogP contribution in [0, 0.1) is 35.0 Å². The van der Waals surface area contributed by atoms with Gasteiger partial charge in [-0.1, -0.05) is 89.3 Å². The largest absolute Gasteiger partial charge is 0.0993 e. The molecule has 3 aliphatic rings. The molecule has 0 aromatic carbocycles. The highest BCUT2D eigenvalue weighted by Gasteiger charge is 2.48. The van der Waals surface area contributed by atoms with Crippen molar-refractivity contribution < 1.29 is 0 Å². The van der Waals surface area contributed by atoms with E-state index in [9.17, 15) is 0 Å². The van der Waals surface area contributed by atoms with Gasteiger partial charge in [0.15, 0.2) is 0 Å². The van der Waals surface area contributed by atoms with Crippen LogP contribution in [0.15, 0.2) is 35.5 Å². The van der Waals surface area contributed by atoms with Crippen molar-refractivity contribution in [1.29, 1.82) is 0 Å². The molecule has 158 valence electrons. The smallest absolute Gasteiger partial charge is 0.0143 e. The lowest BCUT2D eigenvalue weighted by molar-refractivity contribution is 0.127. The van der Waals surface area contributed by atoms with Gasteiger partial charge in [-0.25, -0.2) is 0 Å². The quantitative estimate of drug-likeness (QED) is 0.318. The normalized spacial score (nSPS) is 37.6. The number of hydrogen-bond acceptors (Lipinski definition) is 0. The highest BCUT2D eigenvalue weighted by atomic mass is 14.5. The number of hydrogen-bond donors (Lipinski definition) is 0. The third-order valence-corrected chi connectivity index (χ3v) is 8.68. The van der Waals surface area contributed by atoms with Gasteiger partial charge in [0.1, 0.15) is 0 Å². The molecule has 0 spiro atoms. The standard InChI is InChI=1S/C28H46/c1-20(2)10-7-8-12-26-15-16-27-25(11-9-17-28(26,27)6)14-13-24-18-21(3)23(5)22(4)19-24/h13-14,20-22,26-27H,5,7-12,15-19H2,1-4,6H3/b25-14+/t21-,22-,26+,27+,28-/m1/s1. The van der Waals surface area contributed by atoms with Gasteiger partial charge in [0.25, 0.3) is 0 Å². The van der Waals surface area contributed by atoms with Gasteiger partial charge in [-0.15, -0.1) is 0 Å². The van der Waals surface area contributed by atoms with Crippen molar-refractivity contribution in [3.05, 3.63) is 35.5 Å². The molecule has 5 atom stereocenters. The molecule has 0 radical (unpaired) electrons. The van der Waals surface area contributed by atoms with Gasteiger partial charge >= 0.3 is 0 Å². The Balaban J connectivity index is 1.64. The number of allylic oxidation sites excluding steroid dienone is 5. The van der Waals surface area contributed by atoms with Crippen LogP contribution in [0.25, 0.3) is 0 Å². The highest BCUT2D eigenvalue weighted by Crippen LogP contribution is 2.58. The highest BCUT2D eigenvalue weighted by molar-refractivity contribution is 5.28. The molecule has 0 aromatic heterocycles. The monoisotopic (exact) mass is 382 g/mol. The van der Waals surface area contributed by atoms with Gasteiger partial charge in [-0.3, -0.25) is 0 Å². The molecule has 0 heteroatoms. The molecule has 0 amide bonds. The molecule has 3 aliphatic carbocycles. The van der Waals surface area contributed by atoms with Gasteiger partial charge in [-0.2, -0.15) is 0 Å². The first-order chi connectivity index (χ1) is 13.3. The molecular formula is C28H46. The molecule has 0 aliphatic heterocycles. The maximum absolute atomic E-state index is 4.32. The first-order valence-electron chi connectivity index (χ1n) is 12.4. The molecular weight excluding hydrogens is 336 g/mol. The first kappa shape index (κ1) is 21.9. The summed E-state index contributed by atoms with van der Waals surface area (Å²) in [5.41, 5.74) is 5.50. The SMILES string of the molecule is C=C1[C@H](C)CC(=C/C=C2\CCC[C@]3(C)[C@@H](CCCCC(C)C)CC[C@@H]23)C[C@H]1C. The van der Waals surface area contributed by atoms with Crippen molar-refractivity contribution in [3.63, 3.8) is 0 Å². The third kappa shape index (κ3) is 4.85. The van der Waals surface area contributed by atoms with E-state index < -0.39 is 0 Å². The second kappa shape index (κ2) is 9.36. The Morgan fingerprint density at radius 1 is 1.07 bits per heavy atom. The van der Waals surface area contributed by atoms with Crippen LogP contribution < -0.4 is 0 Å². The number of rotatable bonds is 6. The zero-order valence-electron chi connectivity index (χ0n) is 19.5. The summed E-state index contributed by atoms with van der Waals surface area (Å²) in [6.45, 7) is 16.4. The van der Waals surface area contributed by atoms with E-state index in [0.717, 1.165) is 17.8 Å². The molecule has 0 heterocycles. The van der Waals surface area contributed by atoms with Crippen LogP contribution in [0.1, 0.15) is 105 Å². The predicted octanol–water partition coefficient (Wildman–Crippen LogP) is 8.89. The summed E-state index contributed by atoms with van der Waals surface area (Å²) >= 11 is 0. The fraction of sp³-hybridized carbons (Fsp3) is 0.786. The van der Waals surface area contributed by atoms with E-state index in [1.807, 2.05) is 0 Å². The third-order valence-electron chi connectivity index (χ3n) is 8.68. The summed E-state index contributed by atoms with van der Waals surface area (Å²) in [4.78, 5) is 0. The molecule has 0 N–H and O–H groups in total. The summed E-state index contributed by atoms with van der Waals surface area (Å²) < 4.78 is 0. The minimum Gasteiger partial charge on any atom is -0.0993 e. The first-order valence-corrected chi connectivity index (χ1v) is 12.4. The van der Waals surface area contributed by atoms with Crippen LogP contribution in [-0.4, -0.2) is 0 Å². The van der Waals surface area contributed by atoms with E-state index in [1.165, 1.54) is 76.2 Å². The fourth-order valence-corrected chi connectivity index (χ4v) is 6.74. The van der Waals surface area contributed by atoms with Crippen LogP contribution in [0.5, 0.6) is 0 Å². The topological polar surface area (TPSA) is 0 Å². The van der Waals surface area contributed by atoms with Gasteiger partial charge in [0.05, 0.1) is 0 Å². The molecule has 28 heavy (non-hydrogen) atoms. The van der Waals surface area contributed by atoms with Gasteiger partial charge in [0.2, 0.25) is 0 Å². The van der Waals surface area contributed by atoms with Crippen LogP contribution in [0.2, 0.25) is 0 Å². The van der Waals surface area contributed by atoms with Crippen molar-refractivity contribution in [1.82, 2.24) is 0 Å². The van der Waals surface area contributed by atoms with Crippen LogP contribution in [-0.2, 0) is 0 Å². The number of unbranched alkanes of at least 4 members (excludes halogenated alkanes) is 1. The lowest BCUT2D eigenvalue weighted by Crippen LogP contribution is -2.33. The summed E-state index contributed by atoms with van der Waals surface area (Å²) in [7, 11) is 0. The second-order valence-electron chi connectivity index (χ2n) is 11.2. The van der Waals surface area contributed by atoms with E-state index in [-0.39, 0.29) is 0 Å². The lowest BCUT2D eigenvalue weighted by Gasteiger charge is -2.42. The van der Waals surface area contributed by atoms with E-state index in [4.69, 9.17) is 0 Å². The van der Waals surface area contributed by atoms with Crippen molar-refractivity contribution in [2.75, 3.05) is 0 Å². The predicted molar refractivity (Wildman–Crippen MR) is 124 cm³/mol. The molecule has 0 bridgehead atoms. The summed E-state index contributed by atoms with van der Waals surface area (Å²) in [5.74, 6) is 4.02. The Bertz CT molecular complexity index is 588. The van der Waals surface area contributed by atoms with Gasteiger partial charge in [0, 0.05) is 0 Å². The minimum absolute atomic E-state index is 0.585. The lowest BCUT2D eigenvalue weighted by atomic mass is 9.62. The Labute approximate surface area is 176 Å². The van der Waals surface area contributed by atoms with E-state index >= 15 is 0 Å². The molecule has 0 unspecified atom stereocenters. The Kier molecular flexibility index (Phi) is 7.32. The van der Waals surface area contributed by atoms with Gasteiger partial charge in [-0.05, 0) is 86.4 Å². The average Bonchev–Trinajstić information content (AvgIpc) is 2.98. The number of fused-ring (bicyclic) bond motifs is 1. The van der Waals surface area contributed by atoms with Crippen molar-refractivity contribution >= 4 is 0 Å². The summed E-state index contributed by atoms with van der Waals surface area (Å²) in [6, 6.07) is 0. The maximum Gasteiger partial charge on any atom is -0.0143 e. The zero-order chi connectivity index (χ0) is 20.3. The Morgan fingerprint density at radius 2 is 1.79 bits per heavy atom. The van der Waals surface area contributed by atoms with E-state index in [0.29, 0.717) is 17.3 Å².